The molecule has 0 saturated heterocycles. The van der Waals surface area contributed by atoms with E-state index in [1.54, 1.807) is 14.2 Å². The lowest BCUT2D eigenvalue weighted by Gasteiger charge is -2.19. The summed E-state index contributed by atoms with van der Waals surface area (Å²) in [6, 6.07) is 8.00. The van der Waals surface area contributed by atoms with E-state index in [0.717, 1.165) is 30.2 Å². The molecular weight excluding hydrogens is 377 g/mol. The molecule has 0 bridgehead atoms. The summed E-state index contributed by atoms with van der Waals surface area (Å²) in [4.78, 5) is 4.23. The average molecular weight is 405 g/mol. The van der Waals surface area contributed by atoms with Gasteiger partial charge in [-0.2, -0.15) is 0 Å². The first-order valence-electron chi connectivity index (χ1n) is 7.02. The smallest absolute Gasteiger partial charge is 0.191 e. The summed E-state index contributed by atoms with van der Waals surface area (Å²) in [5.41, 5.74) is 1.45. The van der Waals surface area contributed by atoms with Gasteiger partial charge in [-0.1, -0.05) is 39.0 Å². The van der Waals surface area contributed by atoms with Gasteiger partial charge in [0.05, 0.1) is 7.11 Å². The zero-order valence-electron chi connectivity index (χ0n) is 13.7. The summed E-state index contributed by atoms with van der Waals surface area (Å²) < 4.78 is 5.34. The lowest BCUT2D eigenvalue weighted by Crippen LogP contribution is -2.38. The Morgan fingerprint density at radius 1 is 1.19 bits per heavy atom. The summed E-state index contributed by atoms with van der Waals surface area (Å²) in [5.74, 6) is 1.71. The van der Waals surface area contributed by atoms with Gasteiger partial charge in [0.25, 0.3) is 0 Å². The highest BCUT2D eigenvalue weighted by Gasteiger charge is 2.10. The Labute approximate surface area is 145 Å². The van der Waals surface area contributed by atoms with Crippen molar-refractivity contribution in [3.63, 3.8) is 0 Å². The molecule has 0 aliphatic rings. The van der Waals surface area contributed by atoms with E-state index in [0.29, 0.717) is 12.0 Å². The third kappa shape index (κ3) is 8.14. The quantitative estimate of drug-likeness (QED) is 0.449. The molecule has 21 heavy (non-hydrogen) atoms. The van der Waals surface area contributed by atoms with E-state index in [4.69, 9.17) is 4.74 Å². The average Bonchev–Trinajstić information content (AvgIpc) is 2.41. The molecule has 120 valence electrons. The van der Waals surface area contributed by atoms with Gasteiger partial charge in [-0.05, 0) is 17.9 Å². The van der Waals surface area contributed by atoms with E-state index in [2.05, 4.69) is 36.4 Å². The number of nitrogens with one attached hydrogen (secondary N) is 2. The number of guanidine groups is 1. The number of methoxy groups -OCH3 is 1. The molecule has 0 radical (unpaired) electrons. The summed E-state index contributed by atoms with van der Waals surface area (Å²) in [7, 11) is 3.48. The second-order valence-corrected chi connectivity index (χ2v) is 5.98. The van der Waals surface area contributed by atoms with Crippen molar-refractivity contribution in [3.8, 4) is 5.75 Å². The molecular formula is C16H28IN3O. The van der Waals surface area contributed by atoms with Crippen LogP contribution in [0.15, 0.2) is 29.3 Å². The number of hydrogen-bond donors (Lipinski definition) is 2. The van der Waals surface area contributed by atoms with Crippen LogP contribution in [0.3, 0.4) is 0 Å². The number of rotatable bonds is 5. The van der Waals surface area contributed by atoms with Crippen LogP contribution in [0.5, 0.6) is 5.75 Å². The van der Waals surface area contributed by atoms with E-state index in [-0.39, 0.29) is 24.0 Å². The number of aliphatic imine (C=N–C) groups is 1. The maximum atomic E-state index is 5.34. The molecule has 4 nitrogen and oxygen atoms in total. The number of ether oxygens (including phenoxy) is 1. The Morgan fingerprint density at radius 2 is 1.86 bits per heavy atom. The molecule has 0 aliphatic carbocycles. The normalized spacial score (nSPS) is 11.6. The third-order valence-corrected chi connectivity index (χ3v) is 3.03. The predicted octanol–water partition coefficient (Wildman–Crippen LogP) is 3.41. The van der Waals surface area contributed by atoms with Crippen molar-refractivity contribution in [2.24, 2.45) is 10.4 Å². The van der Waals surface area contributed by atoms with Gasteiger partial charge in [0.1, 0.15) is 5.75 Å². The maximum absolute atomic E-state index is 5.34. The Hall–Kier alpha value is -0.980. The van der Waals surface area contributed by atoms with Crippen LogP contribution < -0.4 is 15.4 Å². The number of para-hydroxylation sites is 1. The third-order valence-electron chi connectivity index (χ3n) is 3.03. The topological polar surface area (TPSA) is 45.7 Å². The molecule has 0 aliphatic heterocycles. The van der Waals surface area contributed by atoms with Crippen molar-refractivity contribution >= 4 is 29.9 Å². The number of hydrogen-bond acceptors (Lipinski definition) is 2. The standard InChI is InChI=1S/C16H27N3O.HI/c1-16(2,3)10-11-18-15(17-4)19-12-13-8-6-7-9-14(13)20-5;/h6-9H,10-12H2,1-5H3,(H2,17,18,19);1H. The minimum absolute atomic E-state index is 0. The molecule has 0 heterocycles. The lowest BCUT2D eigenvalue weighted by molar-refractivity contribution is 0.377. The molecule has 0 fully saturated rings. The highest BCUT2D eigenvalue weighted by Crippen LogP contribution is 2.17. The van der Waals surface area contributed by atoms with E-state index < -0.39 is 0 Å². The van der Waals surface area contributed by atoms with Gasteiger partial charge in [-0.25, -0.2) is 0 Å². The van der Waals surface area contributed by atoms with Crippen molar-refractivity contribution < 1.29 is 4.74 Å². The zero-order chi connectivity index (χ0) is 15.0. The van der Waals surface area contributed by atoms with E-state index in [9.17, 15) is 0 Å². The SMILES string of the molecule is CN=C(NCCC(C)(C)C)NCc1ccccc1OC.I. The second-order valence-electron chi connectivity index (χ2n) is 5.98. The molecule has 0 aromatic heterocycles. The maximum Gasteiger partial charge on any atom is 0.191 e. The van der Waals surface area contributed by atoms with Crippen LogP contribution in [0.25, 0.3) is 0 Å². The molecule has 5 heteroatoms. The van der Waals surface area contributed by atoms with Crippen LogP contribution in [0.2, 0.25) is 0 Å². The number of benzene rings is 1. The predicted molar refractivity (Wildman–Crippen MR) is 101 cm³/mol. The lowest BCUT2D eigenvalue weighted by atomic mass is 9.92. The van der Waals surface area contributed by atoms with E-state index in [1.807, 2.05) is 24.3 Å². The fourth-order valence-corrected chi connectivity index (χ4v) is 1.80. The van der Waals surface area contributed by atoms with Crippen LogP contribution in [-0.4, -0.2) is 26.7 Å². The zero-order valence-corrected chi connectivity index (χ0v) is 16.0. The van der Waals surface area contributed by atoms with E-state index >= 15 is 0 Å². The Balaban J connectivity index is 0.00000400. The van der Waals surface area contributed by atoms with Crippen molar-refractivity contribution in [1.82, 2.24) is 10.6 Å². The minimum Gasteiger partial charge on any atom is -0.496 e. The monoisotopic (exact) mass is 405 g/mol. The first-order valence-corrected chi connectivity index (χ1v) is 7.02. The summed E-state index contributed by atoms with van der Waals surface area (Å²) in [6.45, 7) is 8.31. The van der Waals surface area contributed by atoms with Gasteiger partial charge >= 0.3 is 0 Å². The van der Waals surface area contributed by atoms with Crippen molar-refractivity contribution in [2.45, 2.75) is 33.7 Å². The molecule has 0 amide bonds. The summed E-state index contributed by atoms with van der Waals surface area (Å²) in [5, 5.41) is 6.64. The molecule has 0 atom stereocenters. The van der Waals surface area contributed by atoms with Crippen LogP contribution in [-0.2, 0) is 6.54 Å². The fourth-order valence-electron chi connectivity index (χ4n) is 1.80. The molecule has 0 spiro atoms. The van der Waals surface area contributed by atoms with Crippen LogP contribution >= 0.6 is 24.0 Å². The van der Waals surface area contributed by atoms with Gasteiger partial charge in [0.15, 0.2) is 5.96 Å². The van der Waals surface area contributed by atoms with Crippen LogP contribution in [0.4, 0.5) is 0 Å². The second kappa shape index (κ2) is 9.87. The Morgan fingerprint density at radius 3 is 2.43 bits per heavy atom. The summed E-state index contributed by atoms with van der Waals surface area (Å²) >= 11 is 0. The van der Waals surface area contributed by atoms with Crippen molar-refractivity contribution in [2.75, 3.05) is 20.7 Å². The Bertz CT molecular complexity index is 441. The highest BCUT2D eigenvalue weighted by atomic mass is 127. The highest BCUT2D eigenvalue weighted by molar-refractivity contribution is 14.0. The molecule has 1 rings (SSSR count). The minimum atomic E-state index is 0. The van der Waals surface area contributed by atoms with Gasteiger partial charge in [-0.15, -0.1) is 24.0 Å². The largest absolute Gasteiger partial charge is 0.496 e. The molecule has 0 saturated carbocycles. The van der Waals surface area contributed by atoms with Gasteiger partial charge < -0.3 is 15.4 Å². The Kier molecular flexibility index (Phi) is 9.41. The molecule has 0 unspecified atom stereocenters. The summed E-state index contributed by atoms with van der Waals surface area (Å²) in [6.07, 6.45) is 1.10. The molecule has 1 aromatic carbocycles. The number of halogens is 1. The van der Waals surface area contributed by atoms with Crippen LogP contribution in [0, 0.1) is 5.41 Å². The fraction of sp³-hybridized carbons (Fsp3) is 0.562. The van der Waals surface area contributed by atoms with Gasteiger partial charge in [0, 0.05) is 25.7 Å². The number of nitrogens with zero attached hydrogens (tertiary/aromatic N) is 1. The van der Waals surface area contributed by atoms with Crippen molar-refractivity contribution in [3.05, 3.63) is 29.8 Å². The molecule has 1 aromatic rings. The first-order chi connectivity index (χ1) is 9.46. The van der Waals surface area contributed by atoms with Crippen LogP contribution in [0.1, 0.15) is 32.8 Å². The van der Waals surface area contributed by atoms with Crippen molar-refractivity contribution in [1.29, 1.82) is 0 Å². The molecule has 2 N–H and O–H groups in total. The van der Waals surface area contributed by atoms with Gasteiger partial charge in [0.2, 0.25) is 0 Å². The first kappa shape index (κ1) is 20.0. The van der Waals surface area contributed by atoms with E-state index in [1.165, 1.54) is 0 Å². The van der Waals surface area contributed by atoms with Gasteiger partial charge in [-0.3, -0.25) is 4.99 Å².